The number of para-hydroxylation sites is 1. The summed E-state index contributed by atoms with van der Waals surface area (Å²) in [5.41, 5.74) is 3.73. The second kappa shape index (κ2) is 8.06. The van der Waals surface area contributed by atoms with E-state index in [0.717, 1.165) is 28.1 Å². The summed E-state index contributed by atoms with van der Waals surface area (Å²) < 4.78 is 10.8. The van der Waals surface area contributed by atoms with Crippen molar-refractivity contribution in [2.24, 2.45) is 0 Å². The van der Waals surface area contributed by atoms with Crippen LogP contribution < -0.4 is 20.1 Å². The van der Waals surface area contributed by atoms with Crippen LogP contribution in [-0.4, -0.2) is 24.2 Å². The molecule has 0 saturated heterocycles. The Morgan fingerprint density at radius 2 is 1.59 bits per heavy atom. The second-order valence-corrected chi connectivity index (χ2v) is 6.60. The molecule has 6 heteroatoms. The van der Waals surface area contributed by atoms with E-state index >= 15 is 0 Å². The van der Waals surface area contributed by atoms with Crippen molar-refractivity contribution in [3.8, 4) is 11.5 Å². The summed E-state index contributed by atoms with van der Waals surface area (Å²) in [4.78, 5) is 9.37. The largest absolute Gasteiger partial charge is 0.497 e. The molecule has 4 aromatic rings. The van der Waals surface area contributed by atoms with E-state index in [9.17, 15) is 0 Å². The predicted octanol–water partition coefficient (Wildman–Crippen LogP) is 5.44. The topological polar surface area (TPSA) is 68.3 Å². The van der Waals surface area contributed by atoms with Crippen molar-refractivity contribution >= 4 is 34.0 Å². The van der Waals surface area contributed by atoms with Crippen LogP contribution in [0, 0.1) is 6.92 Å². The Bertz CT molecular complexity index is 1140. The molecule has 0 saturated carbocycles. The Morgan fingerprint density at radius 3 is 2.34 bits per heavy atom. The first kappa shape index (κ1) is 18.6. The Balaban J connectivity index is 1.75. The standard InChI is InChI=1S/C23H22N4O2/c1-15-8-10-16(11-9-15)24-22-18-6-4-5-7-19(18)25-23(27-22)26-20-14-17(28-2)12-13-21(20)29-3/h4-14H,1-3H3,(H2,24,25,26,27). The first-order chi connectivity index (χ1) is 14.2. The molecule has 1 heterocycles. The Hall–Kier alpha value is -3.80. The summed E-state index contributed by atoms with van der Waals surface area (Å²) in [6, 6.07) is 21.6. The summed E-state index contributed by atoms with van der Waals surface area (Å²) >= 11 is 0. The van der Waals surface area contributed by atoms with E-state index in [1.807, 2.05) is 54.6 Å². The molecular formula is C23H22N4O2. The lowest BCUT2D eigenvalue weighted by atomic mass is 10.2. The summed E-state index contributed by atoms with van der Waals surface area (Å²) in [5.74, 6) is 2.58. The molecule has 3 aromatic carbocycles. The zero-order valence-electron chi connectivity index (χ0n) is 16.6. The summed E-state index contributed by atoms with van der Waals surface area (Å²) in [7, 11) is 3.25. The highest BCUT2D eigenvalue weighted by Gasteiger charge is 2.11. The van der Waals surface area contributed by atoms with Crippen molar-refractivity contribution in [2.45, 2.75) is 6.92 Å². The molecule has 4 rings (SSSR count). The molecule has 0 radical (unpaired) electrons. The van der Waals surface area contributed by atoms with Gasteiger partial charge in [0.15, 0.2) is 0 Å². The molecule has 6 nitrogen and oxygen atoms in total. The summed E-state index contributed by atoms with van der Waals surface area (Å²) in [6.45, 7) is 2.06. The number of aryl methyl sites for hydroxylation is 1. The van der Waals surface area contributed by atoms with Crippen LogP contribution in [-0.2, 0) is 0 Å². The number of rotatable bonds is 6. The van der Waals surface area contributed by atoms with Crippen molar-refractivity contribution in [3.63, 3.8) is 0 Å². The molecule has 0 amide bonds. The number of hydrogen-bond donors (Lipinski definition) is 2. The van der Waals surface area contributed by atoms with E-state index in [0.29, 0.717) is 17.4 Å². The zero-order valence-corrected chi connectivity index (χ0v) is 16.6. The zero-order chi connectivity index (χ0) is 20.2. The van der Waals surface area contributed by atoms with Gasteiger partial charge >= 0.3 is 0 Å². The third-order valence-electron chi connectivity index (χ3n) is 4.57. The fourth-order valence-corrected chi connectivity index (χ4v) is 3.03. The van der Waals surface area contributed by atoms with E-state index < -0.39 is 0 Å². The van der Waals surface area contributed by atoms with E-state index in [2.05, 4.69) is 34.7 Å². The van der Waals surface area contributed by atoms with Crippen LogP contribution in [0.25, 0.3) is 10.9 Å². The molecule has 0 unspecified atom stereocenters. The van der Waals surface area contributed by atoms with E-state index in [-0.39, 0.29) is 0 Å². The van der Waals surface area contributed by atoms with Crippen LogP contribution in [0.5, 0.6) is 11.5 Å². The smallest absolute Gasteiger partial charge is 0.229 e. The van der Waals surface area contributed by atoms with Gasteiger partial charge in [-0.2, -0.15) is 4.98 Å². The third kappa shape index (κ3) is 4.06. The van der Waals surface area contributed by atoms with Gasteiger partial charge in [0.2, 0.25) is 5.95 Å². The molecule has 146 valence electrons. The van der Waals surface area contributed by atoms with E-state index in [1.165, 1.54) is 5.56 Å². The first-order valence-electron chi connectivity index (χ1n) is 9.26. The van der Waals surface area contributed by atoms with Crippen molar-refractivity contribution < 1.29 is 9.47 Å². The minimum absolute atomic E-state index is 0.463. The molecule has 0 fully saturated rings. The quantitative estimate of drug-likeness (QED) is 0.460. The van der Waals surface area contributed by atoms with Crippen LogP contribution >= 0.6 is 0 Å². The maximum absolute atomic E-state index is 5.45. The second-order valence-electron chi connectivity index (χ2n) is 6.60. The van der Waals surface area contributed by atoms with Crippen molar-refractivity contribution in [3.05, 3.63) is 72.3 Å². The summed E-state index contributed by atoms with van der Waals surface area (Å²) in [6.07, 6.45) is 0. The molecule has 0 atom stereocenters. The normalized spacial score (nSPS) is 10.6. The van der Waals surface area contributed by atoms with Crippen molar-refractivity contribution in [2.75, 3.05) is 24.9 Å². The fraction of sp³-hybridized carbons (Fsp3) is 0.130. The highest BCUT2D eigenvalue weighted by molar-refractivity contribution is 5.92. The lowest BCUT2D eigenvalue weighted by Gasteiger charge is -2.14. The molecule has 0 aliphatic heterocycles. The highest BCUT2D eigenvalue weighted by Crippen LogP contribution is 2.32. The molecule has 0 bridgehead atoms. The van der Waals surface area contributed by atoms with E-state index in [1.54, 1.807) is 14.2 Å². The number of hydrogen-bond acceptors (Lipinski definition) is 6. The van der Waals surface area contributed by atoms with Gasteiger partial charge < -0.3 is 20.1 Å². The van der Waals surface area contributed by atoms with Crippen LogP contribution in [0.1, 0.15) is 5.56 Å². The van der Waals surface area contributed by atoms with Gasteiger partial charge in [0.25, 0.3) is 0 Å². The Labute approximate surface area is 169 Å². The van der Waals surface area contributed by atoms with Gasteiger partial charge in [0.05, 0.1) is 25.4 Å². The molecule has 2 N–H and O–H groups in total. The van der Waals surface area contributed by atoms with Gasteiger partial charge in [-0.25, -0.2) is 4.98 Å². The number of ether oxygens (including phenoxy) is 2. The van der Waals surface area contributed by atoms with Gasteiger partial charge in [-0.3, -0.25) is 0 Å². The molecule has 1 aromatic heterocycles. The number of nitrogens with one attached hydrogen (secondary N) is 2. The van der Waals surface area contributed by atoms with Gasteiger partial charge in [-0.05, 0) is 43.3 Å². The average molecular weight is 386 g/mol. The van der Waals surface area contributed by atoms with E-state index in [4.69, 9.17) is 14.5 Å². The number of nitrogens with zero attached hydrogens (tertiary/aromatic N) is 2. The minimum Gasteiger partial charge on any atom is -0.497 e. The number of benzene rings is 3. The highest BCUT2D eigenvalue weighted by atomic mass is 16.5. The number of methoxy groups -OCH3 is 2. The summed E-state index contributed by atoms with van der Waals surface area (Å²) in [5, 5.41) is 7.60. The van der Waals surface area contributed by atoms with Crippen molar-refractivity contribution in [1.29, 1.82) is 0 Å². The molecule has 0 spiro atoms. The van der Waals surface area contributed by atoms with Crippen LogP contribution in [0.2, 0.25) is 0 Å². The van der Waals surface area contributed by atoms with Gasteiger partial charge in [-0.15, -0.1) is 0 Å². The van der Waals surface area contributed by atoms with Crippen LogP contribution in [0.15, 0.2) is 66.7 Å². The maximum Gasteiger partial charge on any atom is 0.229 e. The fourth-order valence-electron chi connectivity index (χ4n) is 3.03. The van der Waals surface area contributed by atoms with Gasteiger partial charge in [-0.1, -0.05) is 29.8 Å². The first-order valence-corrected chi connectivity index (χ1v) is 9.26. The van der Waals surface area contributed by atoms with Crippen LogP contribution in [0.4, 0.5) is 23.1 Å². The number of aromatic nitrogens is 2. The molecular weight excluding hydrogens is 364 g/mol. The predicted molar refractivity (Wildman–Crippen MR) is 117 cm³/mol. The third-order valence-corrected chi connectivity index (χ3v) is 4.57. The Morgan fingerprint density at radius 1 is 0.793 bits per heavy atom. The van der Waals surface area contributed by atoms with Crippen molar-refractivity contribution in [1.82, 2.24) is 9.97 Å². The molecule has 29 heavy (non-hydrogen) atoms. The number of fused-ring (bicyclic) bond motifs is 1. The average Bonchev–Trinajstić information content (AvgIpc) is 2.75. The maximum atomic E-state index is 5.45. The monoisotopic (exact) mass is 386 g/mol. The van der Waals surface area contributed by atoms with Gasteiger partial charge in [0.1, 0.15) is 17.3 Å². The SMILES string of the molecule is COc1ccc(OC)c(Nc2nc(Nc3ccc(C)cc3)c3ccccc3n2)c1. The molecule has 0 aliphatic carbocycles. The van der Waals surface area contributed by atoms with Gasteiger partial charge in [0, 0.05) is 17.1 Å². The van der Waals surface area contributed by atoms with Crippen LogP contribution in [0.3, 0.4) is 0 Å². The molecule has 0 aliphatic rings. The minimum atomic E-state index is 0.463. The number of anilines is 4. The Kier molecular flexibility index (Phi) is 5.16. The lowest BCUT2D eigenvalue weighted by molar-refractivity contribution is 0.405. The lowest BCUT2D eigenvalue weighted by Crippen LogP contribution is -2.03.